The molecule has 0 bridgehead atoms. The predicted octanol–water partition coefficient (Wildman–Crippen LogP) is 2.67. The van der Waals surface area contributed by atoms with Crippen LogP contribution in [0, 0.1) is 5.21 Å². The fraction of sp³-hybridized carbons (Fsp3) is 0.150. The molecular weight excluding hydrogens is 364 g/mol. The number of ether oxygens (including phenoxy) is 3. The maximum Gasteiger partial charge on any atom is 0.351 e. The van der Waals surface area contributed by atoms with Gasteiger partial charge in [0.25, 0.3) is 0 Å². The zero-order valence-corrected chi connectivity index (χ0v) is 15.4. The van der Waals surface area contributed by atoms with Crippen LogP contribution in [0.2, 0.25) is 0 Å². The summed E-state index contributed by atoms with van der Waals surface area (Å²) in [5.74, 6) is 1.26. The average Bonchev–Trinajstić information content (AvgIpc) is 2.72. The second kappa shape index (κ2) is 6.73. The second-order valence-corrected chi connectivity index (χ2v) is 5.95. The van der Waals surface area contributed by atoms with Crippen LogP contribution in [0.3, 0.4) is 0 Å². The van der Waals surface area contributed by atoms with E-state index in [0.29, 0.717) is 44.0 Å². The first-order valence-corrected chi connectivity index (χ1v) is 8.33. The smallest absolute Gasteiger partial charge is 0.351 e. The molecule has 142 valence electrons. The van der Waals surface area contributed by atoms with Crippen LogP contribution in [-0.2, 0) is 0 Å². The van der Waals surface area contributed by atoms with E-state index in [9.17, 15) is 10.0 Å². The normalized spacial score (nSPS) is 11.0. The molecule has 2 aromatic carbocycles. The summed E-state index contributed by atoms with van der Waals surface area (Å²) in [4.78, 5) is 16.7. The van der Waals surface area contributed by atoms with Crippen molar-refractivity contribution < 1.29 is 23.4 Å². The number of hydrogen-bond donors (Lipinski definition) is 0. The molecule has 0 amide bonds. The zero-order valence-electron chi connectivity index (χ0n) is 15.4. The molecule has 8 heteroatoms. The molecule has 0 aliphatic heterocycles. The molecule has 28 heavy (non-hydrogen) atoms. The summed E-state index contributed by atoms with van der Waals surface area (Å²) >= 11 is 0. The SMILES string of the molecule is COc1cc(-c2nc3c(c[n+]2[O-])c(=O)oc2ccccc23)cc(OC)c1OC. The van der Waals surface area contributed by atoms with Gasteiger partial charge in [-0.15, -0.1) is 0 Å². The Labute approximate surface area is 159 Å². The average molecular weight is 380 g/mol. The first-order valence-electron chi connectivity index (χ1n) is 8.33. The quantitative estimate of drug-likeness (QED) is 0.232. The highest BCUT2D eigenvalue weighted by Crippen LogP contribution is 2.40. The number of fused-ring (bicyclic) bond motifs is 3. The Morgan fingerprint density at radius 3 is 2.32 bits per heavy atom. The number of aromatic nitrogens is 2. The van der Waals surface area contributed by atoms with E-state index in [1.54, 1.807) is 36.4 Å². The molecule has 4 rings (SSSR count). The number of benzene rings is 2. The highest BCUT2D eigenvalue weighted by molar-refractivity contribution is 6.01. The lowest BCUT2D eigenvalue weighted by Gasteiger charge is -2.14. The summed E-state index contributed by atoms with van der Waals surface area (Å²) in [6, 6.07) is 10.3. The number of methoxy groups -OCH3 is 3. The Balaban J connectivity index is 2.06. The van der Waals surface area contributed by atoms with Crippen LogP contribution < -0.4 is 24.6 Å². The summed E-state index contributed by atoms with van der Waals surface area (Å²) in [5.41, 5.74) is 0.598. The minimum atomic E-state index is -0.623. The first kappa shape index (κ1) is 17.6. The molecule has 0 radical (unpaired) electrons. The minimum Gasteiger partial charge on any atom is -0.710 e. The molecule has 0 atom stereocenters. The lowest BCUT2D eigenvalue weighted by Crippen LogP contribution is -2.31. The molecule has 0 spiro atoms. The molecule has 0 unspecified atom stereocenters. The van der Waals surface area contributed by atoms with Gasteiger partial charge in [-0.25, -0.2) is 9.52 Å². The summed E-state index contributed by atoms with van der Waals surface area (Å²) in [6.45, 7) is 0. The molecule has 0 aliphatic carbocycles. The van der Waals surface area contributed by atoms with Gasteiger partial charge in [-0.1, -0.05) is 12.1 Å². The van der Waals surface area contributed by atoms with Gasteiger partial charge in [-0.3, -0.25) is 0 Å². The van der Waals surface area contributed by atoms with E-state index >= 15 is 0 Å². The van der Waals surface area contributed by atoms with E-state index in [0.717, 1.165) is 0 Å². The van der Waals surface area contributed by atoms with Crippen molar-refractivity contribution in [3.63, 3.8) is 0 Å². The van der Waals surface area contributed by atoms with Crippen molar-refractivity contribution in [1.29, 1.82) is 0 Å². The highest BCUT2D eigenvalue weighted by atomic mass is 16.5. The van der Waals surface area contributed by atoms with E-state index in [-0.39, 0.29) is 11.2 Å². The van der Waals surface area contributed by atoms with E-state index < -0.39 is 5.63 Å². The number of rotatable bonds is 4. The highest BCUT2D eigenvalue weighted by Gasteiger charge is 2.23. The van der Waals surface area contributed by atoms with Crippen LogP contribution in [0.15, 0.2) is 51.8 Å². The Kier molecular flexibility index (Phi) is 4.23. The first-order chi connectivity index (χ1) is 13.6. The van der Waals surface area contributed by atoms with Crippen LogP contribution in [0.25, 0.3) is 33.3 Å². The van der Waals surface area contributed by atoms with E-state index in [1.165, 1.54) is 27.5 Å². The van der Waals surface area contributed by atoms with Gasteiger partial charge < -0.3 is 23.8 Å². The molecule has 2 heterocycles. The molecule has 0 saturated heterocycles. The van der Waals surface area contributed by atoms with Crippen molar-refractivity contribution in [3.8, 4) is 28.6 Å². The van der Waals surface area contributed by atoms with E-state index in [1.807, 2.05) is 0 Å². The van der Waals surface area contributed by atoms with Gasteiger partial charge in [0.05, 0.1) is 32.3 Å². The topological polar surface area (TPSA) is 97.7 Å². The standard InChI is InChI=1S/C20H16N2O6/c1-25-15-8-11(9-16(26-2)18(15)27-3)19-21-17-12-6-4-5-7-14(12)28-20(23)13(17)10-22(19)24/h4-10H,1-3H3. The third-order valence-electron chi connectivity index (χ3n) is 4.42. The number of nitrogens with zero attached hydrogens (tertiary/aromatic N) is 2. The van der Waals surface area contributed by atoms with Gasteiger partial charge in [0, 0.05) is 0 Å². The fourth-order valence-corrected chi connectivity index (χ4v) is 3.12. The van der Waals surface area contributed by atoms with Crippen molar-refractivity contribution in [3.05, 3.63) is 58.2 Å². The van der Waals surface area contributed by atoms with Crippen molar-refractivity contribution >= 4 is 21.9 Å². The van der Waals surface area contributed by atoms with Crippen LogP contribution in [0.4, 0.5) is 0 Å². The fourth-order valence-electron chi connectivity index (χ4n) is 3.12. The predicted molar refractivity (Wildman–Crippen MR) is 102 cm³/mol. The van der Waals surface area contributed by atoms with Crippen LogP contribution in [0.5, 0.6) is 17.2 Å². The zero-order chi connectivity index (χ0) is 19.8. The second-order valence-electron chi connectivity index (χ2n) is 5.95. The third-order valence-corrected chi connectivity index (χ3v) is 4.42. The molecule has 8 nitrogen and oxygen atoms in total. The Morgan fingerprint density at radius 1 is 1.00 bits per heavy atom. The largest absolute Gasteiger partial charge is 0.710 e. The maximum absolute atomic E-state index is 12.6. The van der Waals surface area contributed by atoms with Gasteiger partial charge in [0.15, 0.2) is 16.9 Å². The van der Waals surface area contributed by atoms with Crippen molar-refractivity contribution in [2.75, 3.05) is 21.3 Å². The number of hydrogen-bond acceptors (Lipinski definition) is 7. The van der Waals surface area contributed by atoms with Crippen molar-refractivity contribution in [1.82, 2.24) is 4.98 Å². The molecule has 0 fully saturated rings. The molecule has 0 N–H and O–H groups in total. The number of para-hydroxylation sites is 1. The molecule has 0 saturated carbocycles. The maximum atomic E-state index is 12.6. The summed E-state index contributed by atoms with van der Waals surface area (Å²) in [6.07, 6.45) is 1.17. The van der Waals surface area contributed by atoms with Crippen LogP contribution in [-0.4, -0.2) is 26.3 Å². The lowest BCUT2D eigenvalue weighted by atomic mass is 10.1. The van der Waals surface area contributed by atoms with Crippen LogP contribution in [0.1, 0.15) is 0 Å². The van der Waals surface area contributed by atoms with Gasteiger partial charge in [0.1, 0.15) is 11.8 Å². The third kappa shape index (κ3) is 2.66. The summed E-state index contributed by atoms with van der Waals surface area (Å²) in [5, 5.41) is 13.4. The van der Waals surface area contributed by atoms with Gasteiger partial charge in [0.2, 0.25) is 11.3 Å². The van der Waals surface area contributed by atoms with Gasteiger partial charge in [-0.05, 0) is 29.2 Å². The minimum absolute atomic E-state index is 0.0857. The Morgan fingerprint density at radius 2 is 1.68 bits per heavy atom. The molecular formula is C20H16N2O6. The Bertz CT molecular complexity index is 1240. The Hall–Kier alpha value is -3.81. The molecule has 4 aromatic rings. The van der Waals surface area contributed by atoms with Gasteiger partial charge >= 0.3 is 11.4 Å². The van der Waals surface area contributed by atoms with E-state index in [4.69, 9.17) is 18.6 Å². The summed E-state index contributed by atoms with van der Waals surface area (Å²) in [7, 11) is 4.46. The lowest BCUT2D eigenvalue weighted by molar-refractivity contribution is -0.595. The molecule has 2 aromatic heterocycles. The van der Waals surface area contributed by atoms with Gasteiger partial charge in [-0.2, -0.15) is 0 Å². The monoisotopic (exact) mass is 380 g/mol. The molecule has 0 aliphatic rings. The van der Waals surface area contributed by atoms with Crippen molar-refractivity contribution in [2.24, 2.45) is 0 Å². The van der Waals surface area contributed by atoms with E-state index in [2.05, 4.69) is 4.98 Å². The van der Waals surface area contributed by atoms with Crippen molar-refractivity contribution in [2.45, 2.75) is 0 Å². The van der Waals surface area contributed by atoms with Crippen LogP contribution >= 0.6 is 0 Å². The summed E-state index contributed by atoms with van der Waals surface area (Å²) < 4.78 is 21.8.